The van der Waals surface area contributed by atoms with Gasteiger partial charge < -0.3 is 8.85 Å². The summed E-state index contributed by atoms with van der Waals surface area (Å²) in [5.41, 5.74) is 2.80. The maximum absolute atomic E-state index is 6.76. The van der Waals surface area contributed by atoms with Gasteiger partial charge in [0.05, 0.1) is 0 Å². The lowest BCUT2D eigenvalue weighted by Crippen LogP contribution is -2.48. The van der Waals surface area contributed by atoms with Crippen LogP contribution in [0.1, 0.15) is 52.7 Å². The van der Waals surface area contributed by atoms with Crippen LogP contribution >= 0.6 is 0 Å². The van der Waals surface area contributed by atoms with E-state index in [-0.39, 0.29) is 10.1 Å². The zero-order valence-corrected chi connectivity index (χ0v) is 18.5. The Morgan fingerprint density at radius 2 is 1.13 bits per heavy atom. The quantitative estimate of drug-likeness (QED) is 0.572. The van der Waals surface area contributed by atoms with E-state index >= 15 is 0 Å². The lowest BCUT2D eigenvalue weighted by molar-refractivity contribution is -0.115. The third-order valence-corrected chi connectivity index (χ3v) is 11.7. The van der Waals surface area contributed by atoms with Crippen LogP contribution < -0.4 is 0 Å². The normalized spacial score (nSPS) is 20.2. The zero-order valence-electron chi connectivity index (χ0n) is 16.2. The third-order valence-electron chi connectivity index (χ3n) is 5.26. The van der Waals surface area contributed by atoms with E-state index < -0.39 is 23.9 Å². The highest BCUT2D eigenvalue weighted by atomic mass is 28.3. The summed E-state index contributed by atoms with van der Waals surface area (Å²) in [7, 11) is -2.71. The van der Waals surface area contributed by atoms with E-state index in [0.717, 1.165) is 12.8 Å². The Morgan fingerprint density at radius 1 is 0.783 bits per heavy atom. The molecule has 4 heteroatoms. The second kappa shape index (κ2) is 6.47. The van der Waals surface area contributed by atoms with Gasteiger partial charge in [0, 0.05) is 12.8 Å². The largest absolute Gasteiger partial charge is 0.393 e. The number of fused-ring (bicyclic) bond motifs is 1. The Kier molecular flexibility index (Phi) is 5.32. The smallest absolute Gasteiger partial charge is 0.183 e. The van der Waals surface area contributed by atoms with Crippen molar-refractivity contribution in [3.05, 3.63) is 35.4 Å². The van der Waals surface area contributed by atoms with Gasteiger partial charge >= 0.3 is 0 Å². The Bertz CT molecular complexity index is 494. The summed E-state index contributed by atoms with van der Waals surface area (Å²) in [4.78, 5) is 0. The molecule has 0 saturated heterocycles. The van der Waals surface area contributed by atoms with Crippen molar-refractivity contribution >= 4 is 18.1 Å². The topological polar surface area (TPSA) is 18.5 Å². The van der Waals surface area contributed by atoms with Gasteiger partial charge in [-0.05, 0) is 34.3 Å². The Labute approximate surface area is 146 Å². The van der Waals surface area contributed by atoms with Crippen molar-refractivity contribution in [2.75, 3.05) is 0 Å². The highest BCUT2D eigenvalue weighted by Crippen LogP contribution is 2.41. The van der Waals surface area contributed by atoms with Crippen LogP contribution in [0.5, 0.6) is 0 Å². The lowest BCUT2D eigenvalue weighted by Gasteiger charge is -2.41. The molecule has 2 unspecified atom stereocenters. The molecule has 0 heterocycles. The molecule has 0 radical (unpaired) electrons. The van der Waals surface area contributed by atoms with E-state index in [2.05, 4.69) is 78.9 Å². The molecule has 0 N–H and O–H groups in total. The van der Waals surface area contributed by atoms with Gasteiger partial charge in [-0.1, -0.05) is 65.8 Å². The molecule has 1 aromatic carbocycles. The fourth-order valence-corrected chi connectivity index (χ4v) is 5.29. The number of hydrogen-bond donors (Lipinski definition) is 0. The summed E-state index contributed by atoms with van der Waals surface area (Å²) < 4.78 is 13.5. The van der Waals surface area contributed by atoms with Gasteiger partial charge in [-0.3, -0.25) is 0 Å². The van der Waals surface area contributed by atoms with Gasteiger partial charge in [0.1, 0.15) is 0 Å². The molecule has 0 saturated carbocycles. The van der Waals surface area contributed by atoms with E-state index in [1.165, 1.54) is 11.1 Å². The molecule has 0 spiro atoms. The first-order valence-corrected chi connectivity index (χ1v) is 13.3. The van der Waals surface area contributed by atoms with Crippen LogP contribution in [0.15, 0.2) is 24.3 Å². The van der Waals surface area contributed by atoms with E-state index in [9.17, 15) is 0 Å². The minimum Gasteiger partial charge on any atom is -0.393 e. The molecule has 0 aliphatic heterocycles. The third kappa shape index (κ3) is 4.56. The summed E-state index contributed by atoms with van der Waals surface area (Å²) in [6.07, 6.45) is 1.81. The fourth-order valence-electron chi connectivity index (χ4n) is 2.74. The van der Waals surface area contributed by atoms with Crippen molar-refractivity contribution in [1.82, 2.24) is 0 Å². The van der Waals surface area contributed by atoms with Crippen molar-refractivity contribution in [1.29, 1.82) is 0 Å². The Balaban J connectivity index is 2.27. The molecule has 1 aliphatic carbocycles. The van der Waals surface area contributed by atoms with Crippen LogP contribution in [0.3, 0.4) is 0 Å². The van der Waals surface area contributed by atoms with Gasteiger partial charge in [0.25, 0.3) is 0 Å². The first-order chi connectivity index (χ1) is 10.4. The molecule has 23 heavy (non-hydrogen) atoms. The van der Waals surface area contributed by atoms with Crippen LogP contribution in [-0.4, -0.2) is 23.9 Å². The number of hydrogen-bond acceptors (Lipinski definition) is 2. The maximum atomic E-state index is 6.76. The van der Waals surface area contributed by atoms with Crippen molar-refractivity contribution < 1.29 is 8.85 Å². The van der Waals surface area contributed by atoms with Crippen molar-refractivity contribution in [3.63, 3.8) is 0 Å². The van der Waals surface area contributed by atoms with Crippen LogP contribution in [0.4, 0.5) is 0 Å². The first kappa shape index (κ1) is 18.9. The fraction of sp³-hybridized carbons (Fsp3) is 0.684. The molecule has 0 fully saturated rings. The first-order valence-electron chi connectivity index (χ1n) is 8.85. The van der Waals surface area contributed by atoms with E-state index in [0.29, 0.717) is 0 Å². The van der Waals surface area contributed by atoms with Gasteiger partial charge in [0.15, 0.2) is 23.9 Å². The summed E-state index contributed by atoms with van der Waals surface area (Å²) in [6.45, 7) is 18.4. The Hall–Kier alpha value is -0.426. The van der Waals surface area contributed by atoms with Crippen molar-refractivity contribution in [3.8, 4) is 0 Å². The SMILES string of the molecule is C[SiH](OC1(O[SiH](C)C(C)(C)C)Cc2ccccc2C1)C(C)(C)C. The van der Waals surface area contributed by atoms with Crippen molar-refractivity contribution in [2.24, 2.45) is 0 Å². The molecule has 2 nitrogen and oxygen atoms in total. The summed E-state index contributed by atoms with van der Waals surface area (Å²) in [6, 6.07) is 8.72. The Morgan fingerprint density at radius 3 is 1.43 bits per heavy atom. The molecular formula is C19H34O2Si2. The van der Waals surface area contributed by atoms with E-state index in [1.54, 1.807) is 0 Å². The summed E-state index contributed by atoms with van der Waals surface area (Å²) in [5.74, 6) is -0.415. The molecule has 2 atom stereocenters. The van der Waals surface area contributed by atoms with Gasteiger partial charge in [-0.15, -0.1) is 0 Å². The lowest BCUT2D eigenvalue weighted by atomic mass is 10.1. The minimum absolute atomic E-state index is 0.248. The average molecular weight is 351 g/mol. The van der Waals surface area contributed by atoms with Crippen LogP contribution in [0, 0.1) is 0 Å². The van der Waals surface area contributed by atoms with E-state index in [1.807, 2.05) is 0 Å². The molecule has 0 bridgehead atoms. The van der Waals surface area contributed by atoms with Crippen LogP contribution in [0.2, 0.25) is 23.2 Å². The second-order valence-electron chi connectivity index (χ2n) is 9.29. The van der Waals surface area contributed by atoms with Crippen molar-refractivity contribution in [2.45, 2.75) is 83.3 Å². The van der Waals surface area contributed by atoms with Gasteiger partial charge in [0.2, 0.25) is 0 Å². The molecule has 1 aromatic rings. The predicted molar refractivity (Wildman–Crippen MR) is 104 cm³/mol. The highest BCUT2D eigenvalue weighted by Gasteiger charge is 2.44. The van der Waals surface area contributed by atoms with Gasteiger partial charge in [-0.25, -0.2) is 0 Å². The standard InChI is InChI=1S/C19H34O2Si2/c1-17(2,3)22(7)20-19(21-23(8)18(4,5)6)13-15-11-9-10-12-16(15)14-19/h9-12,22-23H,13-14H2,1-8H3. The number of rotatable bonds is 4. The monoisotopic (exact) mass is 350 g/mol. The molecule has 0 amide bonds. The average Bonchev–Trinajstić information content (AvgIpc) is 2.73. The van der Waals surface area contributed by atoms with Gasteiger partial charge in [-0.2, -0.15) is 0 Å². The molecule has 130 valence electrons. The minimum atomic E-state index is -1.36. The van der Waals surface area contributed by atoms with Crippen LogP contribution in [-0.2, 0) is 21.7 Å². The predicted octanol–water partition coefficient (Wildman–Crippen LogP) is 4.82. The summed E-state index contributed by atoms with van der Waals surface area (Å²) >= 11 is 0. The summed E-state index contributed by atoms with van der Waals surface area (Å²) in [5, 5.41) is 0.495. The highest BCUT2D eigenvalue weighted by molar-refractivity contribution is 6.55. The molecule has 0 aromatic heterocycles. The van der Waals surface area contributed by atoms with Crippen LogP contribution in [0.25, 0.3) is 0 Å². The molecular weight excluding hydrogens is 316 g/mol. The number of benzene rings is 1. The van der Waals surface area contributed by atoms with E-state index in [4.69, 9.17) is 8.85 Å². The second-order valence-corrected chi connectivity index (χ2v) is 15.8. The molecule has 2 rings (SSSR count). The maximum Gasteiger partial charge on any atom is 0.183 e. The zero-order chi connectivity index (χ0) is 17.5. The molecule has 1 aliphatic rings.